The fourth-order valence-corrected chi connectivity index (χ4v) is 3.69. The zero-order valence-corrected chi connectivity index (χ0v) is 15.3. The molecule has 1 aromatic carbocycles. The third kappa shape index (κ3) is 3.33. The molecule has 0 aliphatic carbocycles. The molecule has 4 rings (SSSR count). The van der Waals surface area contributed by atoms with E-state index in [1.165, 1.54) is 6.42 Å². The number of amides is 2. The molecule has 0 saturated carbocycles. The molecule has 0 N–H and O–H groups in total. The molecular weight excluding hydrogens is 352 g/mol. The molecule has 2 aliphatic rings. The number of piperidine rings is 1. The van der Waals surface area contributed by atoms with E-state index in [1.54, 1.807) is 15.6 Å². The number of fused-ring (bicyclic) bond motifs is 1. The Labute approximate surface area is 157 Å². The number of benzene rings is 1. The normalized spacial score (nSPS) is 17.3. The summed E-state index contributed by atoms with van der Waals surface area (Å²) in [5, 5.41) is 5.07. The van der Waals surface area contributed by atoms with Gasteiger partial charge in [0.25, 0.3) is 11.8 Å². The maximum absolute atomic E-state index is 12.8. The van der Waals surface area contributed by atoms with Crippen LogP contribution in [0.2, 0.25) is 5.02 Å². The second-order valence-corrected chi connectivity index (χ2v) is 7.28. The lowest BCUT2D eigenvalue weighted by molar-refractivity contribution is 0.0679. The average Bonchev–Trinajstić information content (AvgIpc) is 3.11. The van der Waals surface area contributed by atoms with E-state index in [1.807, 2.05) is 29.2 Å². The predicted molar refractivity (Wildman–Crippen MR) is 98.2 cm³/mol. The summed E-state index contributed by atoms with van der Waals surface area (Å²) in [4.78, 5) is 29.1. The minimum atomic E-state index is -0.0867. The minimum Gasteiger partial charge on any atom is -0.337 e. The molecule has 1 saturated heterocycles. The van der Waals surface area contributed by atoms with Crippen LogP contribution in [0, 0.1) is 0 Å². The number of carbonyl (C=O) groups is 2. The smallest absolute Gasteiger partial charge is 0.274 e. The standard InChI is InChI=1S/C19H21ClN4O2/c20-15-6-4-14(5-7-15)13-23-10-11-24-17(19(23)26)12-16(21-24)18(25)22-8-2-1-3-9-22/h4-7,12H,1-3,8-11,13H2. The Kier molecular flexibility index (Phi) is 4.68. The topological polar surface area (TPSA) is 58.4 Å². The quantitative estimate of drug-likeness (QED) is 0.832. The number of hydrogen-bond donors (Lipinski definition) is 0. The van der Waals surface area contributed by atoms with Crippen LogP contribution in [0.5, 0.6) is 0 Å². The van der Waals surface area contributed by atoms with E-state index in [0.717, 1.165) is 31.5 Å². The van der Waals surface area contributed by atoms with Crippen molar-refractivity contribution in [2.45, 2.75) is 32.4 Å². The van der Waals surface area contributed by atoms with Crippen LogP contribution in [0.4, 0.5) is 0 Å². The van der Waals surface area contributed by atoms with Gasteiger partial charge in [-0.05, 0) is 37.0 Å². The molecule has 3 heterocycles. The van der Waals surface area contributed by atoms with Crippen molar-refractivity contribution in [3.05, 3.63) is 52.3 Å². The highest BCUT2D eigenvalue weighted by molar-refractivity contribution is 6.30. The van der Waals surface area contributed by atoms with Crippen LogP contribution in [0.15, 0.2) is 30.3 Å². The summed E-state index contributed by atoms with van der Waals surface area (Å²) in [6, 6.07) is 9.14. The van der Waals surface area contributed by atoms with Crippen LogP contribution >= 0.6 is 11.6 Å². The summed E-state index contributed by atoms with van der Waals surface area (Å²) in [5.74, 6) is -0.153. The maximum atomic E-state index is 12.8. The molecule has 2 aromatic rings. The average molecular weight is 373 g/mol. The third-order valence-corrected chi connectivity index (χ3v) is 5.27. The SMILES string of the molecule is O=C(c1cc2n(n1)CCN(Cc1ccc(Cl)cc1)C2=O)N1CCCCC1. The van der Waals surface area contributed by atoms with Gasteiger partial charge in [0.2, 0.25) is 0 Å². The Hall–Kier alpha value is -2.34. The summed E-state index contributed by atoms with van der Waals surface area (Å²) in [6.45, 7) is 3.25. The van der Waals surface area contributed by atoms with E-state index in [9.17, 15) is 9.59 Å². The van der Waals surface area contributed by atoms with Crippen LogP contribution in [-0.2, 0) is 13.1 Å². The molecule has 0 spiro atoms. The summed E-state index contributed by atoms with van der Waals surface area (Å²) in [6.07, 6.45) is 3.24. The van der Waals surface area contributed by atoms with Crippen molar-refractivity contribution < 1.29 is 9.59 Å². The van der Waals surface area contributed by atoms with Gasteiger partial charge >= 0.3 is 0 Å². The highest BCUT2D eigenvalue weighted by Crippen LogP contribution is 2.19. The molecule has 136 valence electrons. The lowest BCUT2D eigenvalue weighted by Gasteiger charge is -2.27. The molecule has 0 radical (unpaired) electrons. The molecule has 0 atom stereocenters. The number of nitrogens with zero attached hydrogens (tertiary/aromatic N) is 4. The summed E-state index contributed by atoms with van der Waals surface area (Å²) in [5.41, 5.74) is 1.90. The van der Waals surface area contributed by atoms with Crippen molar-refractivity contribution in [2.24, 2.45) is 0 Å². The van der Waals surface area contributed by atoms with Crippen molar-refractivity contribution in [1.29, 1.82) is 0 Å². The number of carbonyl (C=O) groups excluding carboxylic acids is 2. The zero-order chi connectivity index (χ0) is 18.1. The molecule has 2 aliphatic heterocycles. The zero-order valence-electron chi connectivity index (χ0n) is 14.5. The van der Waals surface area contributed by atoms with Crippen LogP contribution in [0.1, 0.15) is 45.8 Å². The molecular formula is C19H21ClN4O2. The van der Waals surface area contributed by atoms with Gasteiger partial charge in [0.15, 0.2) is 5.69 Å². The van der Waals surface area contributed by atoms with Crippen molar-refractivity contribution in [3.63, 3.8) is 0 Å². The summed E-state index contributed by atoms with van der Waals surface area (Å²) >= 11 is 5.92. The van der Waals surface area contributed by atoms with Gasteiger partial charge in [-0.3, -0.25) is 14.3 Å². The van der Waals surface area contributed by atoms with Gasteiger partial charge < -0.3 is 9.80 Å². The molecule has 26 heavy (non-hydrogen) atoms. The van der Waals surface area contributed by atoms with Gasteiger partial charge in [0.1, 0.15) is 5.69 Å². The Bertz CT molecular complexity index is 825. The highest BCUT2D eigenvalue weighted by Gasteiger charge is 2.29. The van der Waals surface area contributed by atoms with Crippen LogP contribution in [0.25, 0.3) is 0 Å². The third-order valence-electron chi connectivity index (χ3n) is 5.02. The first-order valence-electron chi connectivity index (χ1n) is 9.03. The Morgan fingerprint density at radius 1 is 1.04 bits per heavy atom. The van der Waals surface area contributed by atoms with E-state index >= 15 is 0 Å². The van der Waals surface area contributed by atoms with Crippen LogP contribution in [0.3, 0.4) is 0 Å². The van der Waals surface area contributed by atoms with Crippen molar-refractivity contribution in [2.75, 3.05) is 19.6 Å². The van der Waals surface area contributed by atoms with E-state index in [2.05, 4.69) is 5.10 Å². The molecule has 6 nitrogen and oxygen atoms in total. The molecule has 2 amide bonds. The van der Waals surface area contributed by atoms with E-state index in [0.29, 0.717) is 36.0 Å². The molecule has 7 heteroatoms. The Balaban J connectivity index is 1.50. The minimum absolute atomic E-state index is 0.0661. The predicted octanol–water partition coefficient (Wildman–Crippen LogP) is 2.82. The Morgan fingerprint density at radius 2 is 1.77 bits per heavy atom. The molecule has 1 fully saturated rings. The summed E-state index contributed by atoms with van der Waals surface area (Å²) in [7, 11) is 0. The molecule has 0 bridgehead atoms. The Morgan fingerprint density at radius 3 is 2.50 bits per heavy atom. The second-order valence-electron chi connectivity index (χ2n) is 6.84. The van der Waals surface area contributed by atoms with Crippen LogP contribution < -0.4 is 0 Å². The van der Waals surface area contributed by atoms with Crippen LogP contribution in [-0.4, -0.2) is 51.0 Å². The molecule has 1 aromatic heterocycles. The van der Waals surface area contributed by atoms with Gasteiger partial charge in [0.05, 0.1) is 6.54 Å². The lowest BCUT2D eigenvalue weighted by Crippen LogP contribution is -2.39. The van der Waals surface area contributed by atoms with E-state index in [-0.39, 0.29) is 11.8 Å². The van der Waals surface area contributed by atoms with Crippen molar-refractivity contribution in [3.8, 4) is 0 Å². The largest absolute Gasteiger partial charge is 0.337 e. The van der Waals surface area contributed by atoms with Gasteiger partial charge in [-0.2, -0.15) is 5.10 Å². The summed E-state index contributed by atoms with van der Waals surface area (Å²) < 4.78 is 1.66. The van der Waals surface area contributed by atoms with Gasteiger partial charge in [-0.25, -0.2) is 0 Å². The van der Waals surface area contributed by atoms with Crippen molar-refractivity contribution >= 4 is 23.4 Å². The first-order valence-corrected chi connectivity index (χ1v) is 9.40. The number of halogens is 1. The first-order chi connectivity index (χ1) is 12.6. The van der Waals surface area contributed by atoms with Gasteiger partial charge in [0, 0.05) is 37.3 Å². The molecule has 0 unspecified atom stereocenters. The first kappa shape index (κ1) is 17.1. The van der Waals surface area contributed by atoms with Gasteiger partial charge in [-0.15, -0.1) is 0 Å². The number of likely N-dealkylation sites (tertiary alicyclic amines) is 1. The van der Waals surface area contributed by atoms with E-state index in [4.69, 9.17) is 11.6 Å². The fourth-order valence-electron chi connectivity index (χ4n) is 3.56. The monoisotopic (exact) mass is 372 g/mol. The number of rotatable bonds is 3. The maximum Gasteiger partial charge on any atom is 0.274 e. The van der Waals surface area contributed by atoms with Crippen molar-refractivity contribution in [1.82, 2.24) is 19.6 Å². The fraction of sp³-hybridized carbons (Fsp3) is 0.421. The highest BCUT2D eigenvalue weighted by atomic mass is 35.5. The van der Waals surface area contributed by atoms with E-state index < -0.39 is 0 Å². The number of aromatic nitrogens is 2. The number of hydrogen-bond acceptors (Lipinski definition) is 3. The lowest BCUT2D eigenvalue weighted by atomic mass is 10.1. The van der Waals surface area contributed by atoms with Gasteiger partial charge in [-0.1, -0.05) is 23.7 Å². The second kappa shape index (κ2) is 7.11.